The number of hydrogen-bond acceptors (Lipinski definition) is 6. The molecule has 2 amide bonds. The Morgan fingerprint density at radius 3 is 2.33 bits per heavy atom. The highest BCUT2D eigenvalue weighted by Crippen LogP contribution is 2.36. The topological polar surface area (TPSA) is 84.4 Å². The van der Waals surface area contributed by atoms with E-state index in [2.05, 4.69) is 14.9 Å². The Bertz CT molecular complexity index is 1000. The first kappa shape index (κ1) is 21.4. The molecule has 3 aromatic rings. The lowest BCUT2D eigenvalue weighted by Gasteiger charge is -2.34. The summed E-state index contributed by atoms with van der Waals surface area (Å²) >= 11 is 1.08. The third kappa shape index (κ3) is 4.83. The second-order valence-electron chi connectivity index (χ2n) is 7.69. The first-order valence-electron chi connectivity index (χ1n) is 9.42. The van der Waals surface area contributed by atoms with Crippen molar-refractivity contribution in [1.29, 1.82) is 0 Å². The molecule has 0 saturated carbocycles. The molecule has 0 spiro atoms. The van der Waals surface area contributed by atoms with Gasteiger partial charge in [0.15, 0.2) is 5.69 Å². The number of para-hydroxylation sites is 2. The maximum absolute atomic E-state index is 13.6. The van der Waals surface area contributed by atoms with Crippen LogP contribution in [0.4, 0.5) is 5.69 Å². The van der Waals surface area contributed by atoms with Crippen LogP contribution in [0.1, 0.15) is 42.9 Å². The molecule has 1 aromatic heterocycles. The van der Waals surface area contributed by atoms with Crippen molar-refractivity contribution in [3.8, 4) is 5.75 Å². The minimum Gasteiger partial charge on any atom is -0.495 e. The largest absolute Gasteiger partial charge is 0.495 e. The van der Waals surface area contributed by atoms with E-state index < -0.39 is 17.5 Å². The van der Waals surface area contributed by atoms with E-state index in [4.69, 9.17) is 4.74 Å². The second kappa shape index (κ2) is 9.04. The fourth-order valence-corrected chi connectivity index (χ4v) is 3.50. The summed E-state index contributed by atoms with van der Waals surface area (Å²) in [7, 11) is 1.53. The number of nitrogens with zero attached hydrogens (tertiary/aromatic N) is 3. The monoisotopic (exact) mass is 424 g/mol. The Kier molecular flexibility index (Phi) is 6.47. The smallest absolute Gasteiger partial charge is 0.280 e. The maximum atomic E-state index is 13.6. The molecule has 2 aromatic carbocycles. The van der Waals surface area contributed by atoms with Crippen LogP contribution in [0, 0.1) is 0 Å². The number of rotatable bonds is 6. The van der Waals surface area contributed by atoms with Crippen molar-refractivity contribution in [2.75, 3.05) is 12.0 Å². The van der Waals surface area contributed by atoms with Crippen LogP contribution in [0.2, 0.25) is 0 Å². The number of ether oxygens (including phenoxy) is 1. The van der Waals surface area contributed by atoms with E-state index in [0.717, 1.165) is 11.5 Å². The van der Waals surface area contributed by atoms with Crippen molar-refractivity contribution in [2.24, 2.45) is 0 Å². The minimum atomic E-state index is -0.934. The molecule has 7 nitrogen and oxygen atoms in total. The first-order valence-corrected chi connectivity index (χ1v) is 10.3. The van der Waals surface area contributed by atoms with Gasteiger partial charge in [-0.3, -0.25) is 14.5 Å². The van der Waals surface area contributed by atoms with Crippen LogP contribution < -0.4 is 15.0 Å². The lowest BCUT2D eigenvalue weighted by molar-refractivity contribution is -0.123. The molecule has 1 heterocycles. The van der Waals surface area contributed by atoms with Gasteiger partial charge in [-0.2, -0.15) is 0 Å². The standard InChI is InChI=1S/C22H24N4O3S/c1-22(2,3)23-20(27)19(15-10-6-5-7-11-15)26(21(28)16-14-30-25-24-16)17-12-8-9-13-18(17)29-4/h5-14,19H,1-4H3,(H,23,27). The SMILES string of the molecule is COc1ccccc1N(C(=O)c1csnn1)C(C(=O)NC(C)(C)C)c1ccccc1. The fourth-order valence-electron chi connectivity index (χ4n) is 3.07. The zero-order chi connectivity index (χ0) is 21.7. The number of carbonyl (C=O) groups is 2. The summed E-state index contributed by atoms with van der Waals surface area (Å²) in [4.78, 5) is 28.4. The molecule has 30 heavy (non-hydrogen) atoms. The predicted octanol–water partition coefficient (Wildman–Crippen LogP) is 3.85. The van der Waals surface area contributed by atoms with Gasteiger partial charge < -0.3 is 10.1 Å². The molecular weight excluding hydrogens is 400 g/mol. The lowest BCUT2D eigenvalue weighted by atomic mass is 10.0. The van der Waals surface area contributed by atoms with Crippen LogP contribution >= 0.6 is 11.5 Å². The van der Waals surface area contributed by atoms with Gasteiger partial charge in [0.2, 0.25) is 5.91 Å². The van der Waals surface area contributed by atoms with E-state index in [-0.39, 0.29) is 11.6 Å². The number of hydrogen-bond donors (Lipinski definition) is 1. The lowest BCUT2D eigenvalue weighted by Crippen LogP contribution is -2.49. The zero-order valence-corrected chi connectivity index (χ0v) is 18.1. The van der Waals surface area contributed by atoms with E-state index in [0.29, 0.717) is 17.0 Å². The van der Waals surface area contributed by atoms with E-state index >= 15 is 0 Å². The minimum absolute atomic E-state index is 0.162. The number of aromatic nitrogens is 2. The Hall–Kier alpha value is -3.26. The number of amides is 2. The molecule has 0 aliphatic carbocycles. The molecule has 156 valence electrons. The molecule has 0 bridgehead atoms. The summed E-state index contributed by atoms with van der Waals surface area (Å²) in [5.74, 6) is -0.277. The van der Waals surface area contributed by atoms with Crippen molar-refractivity contribution in [3.63, 3.8) is 0 Å². The molecule has 0 fully saturated rings. The molecular formula is C22H24N4O3S. The summed E-state index contributed by atoms with van der Waals surface area (Å²) in [5, 5.41) is 8.50. The van der Waals surface area contributed by atoms with Crippen molar-refractivity contribution >= 4 is 29.0 Å². The van der Waals surface area contributed by atoms with Gasteiger partial charge in [0.1, 0.15) is 11.8 Å². The molecule has 1 N–H and O–H groups in total. The quantitative estimate of drug-likeness (QED) is 0.650. The molecule has 0 radical (unpaired) electrons. The van der Waals surface area contributed by atoms with Crippen molar-refractivity contribution < 1.29 is 14.3 Å². The molecule has 1 atom stereocenters. The van der Waals surface area contributed by atoms with E-state index in [1.807, 2.05) is 57.2 Å². The van der Waals surface area contributed by atoms with Gasteiger partial charge in [0.25, 0.3) is 5.91 Å². The van der Waals surface area contributed by atoms with Crippen LogP contribution in [-0.4, -0.2) is 34.1 Å². The number of anilines is 1. The average Bonchev–Trinajstić information content (AvgIpc) is 3.25. The van der Waals surface area contributed by atoms with Crippen LogP contribution in [0.3, 0.4) is 0 Å². The summed E-state index contributed by atoms with van der Waals surface area (Å²) in [6.07, 6.45) is 0. The van der Waals surface area contributed by atoms with Gasteiger partial charge in [0, 0.05) is 10.9 Å². The van der Waals surface area contributed by atoms with Crippen LogP contribution in [0.25, 0.3) is 0 Å². The number of carbonyl (C=O) groups excluding carboxylic acids is 2. The highest BCUT2D eigenvalue weighted by Gasteiger charge is 2.36. The molecule has 0 saturated heterocycles. The van der Waals surface area contributed by atoms with Crippen molar-refractivity contribution in [3.05, 3.63) is 71.2 Å². The Morgan fingerprint density at radius 2 is 1.73 bits per heavy atom. The van der Waals surface area contributed by atoms with Gasteiger partial charge in [-0.1, -0.05) is 47.0 Å². The predicted molar refractivity (Wildman–Crippen MR) is 117 cm³/mol. The maximum Gasteiger partial charge on any atom is 0.280 e. The molecule has 8 heteroatoms. The number of methoxy groups -OCH3 is 1. The molecule has 3 rings (SSSR count). The number of benzene rings is 2. The van der Waals surface area contributed by atoms with Crippen LogP contribution in [-0.2, 0) is 4.79 Å². The molecule has 1 unspecified atom stereocenters. The third-order valence-electron chi connectivity index (χ3n) is 4.26. The van der Waals surface area contributed by atoms with Crippen LogP contribution in [0.5, 0.6) is 5.75 Å². The molecule has 0 aliphatic rings. The van der Waals surface area contributed by atoms with Gasteiger partial charge in [-0.25, -0.2) is 0 Å². The summed E-state index contributed by atoms with van der Waals surface area (Å²) < 4.78 is 9.31. The van der Waals surface area contributed by atoms with Gasteiger partial charge >= 0.3 is 0 Å². The van der Waals surface area contributed by atoms with Gasteiger partial charge in [-0.05, 0) is 50.0 Å². The summed E-state index contributed by atoms with van der Waals surface area (Å²) in [6.45, 7) is 5.69. The van der Waals surface area contributed by atoms with Gasteiger partial charge in [0.05, 0.1) is 12.8 Å². The van der Waals surface area contributed by atoms with Crippen molar-refractivity contribution in [1.82, 2.24) is 14.9 Å². The van der Waals surface area contributed by atoms with Gasteiger partial charge in [-0.15, -0.1) is 5.10 Å². The third-order valence-corrected chi connectivity index (χ3v) is 4.77. The van der Waals surface area contributed by atoms with Crippen LogP contribution in [0.15, 0.2) is 60.0 Å². The summed E-state index contributed by atoms with van der Waals surface area (Å²) in [5.41, 5.74) is 0.815. The second-order valence-corrected chi connectivity index (χ2v) is 8.30. The zero-order valence-electron chi connectivity index (χ0n) is 17.3. The number of nitrogens with one attached hydrogen (secondary N) is 1. The van der Waals surface area contributed by atoms with E-state index in [1.165, 1.54) is 12.0 Å². The highest BCUT2D eigenvalue weighted by atomic mass is 32.1. The summed E-state index contributed by atoms with van der Waals surface area (Å²) in [6, 6.07) is 15.3. The van der Waals surface area contributed by atoms with E-state index in [1.54, 1.807) is 23.6 Å². The van der Waals surface area contributed by atoms with E-state index in [9.17, 15) is 9.59 Å². The molecule has 0 aliphatic heterocycles. The Morgan fingerprint density at radius 1 is 1.07 bits per heavy atom. The normalized spacial score (nSPS) is 12.1. The van der Waals surface area contributed by atoms with Crippen molar-refractivity contribution in [2.45, 2.75) is 32.4 Å². The fraction of sp³-hybridized carbons (Fsp3) is 0.273. The average molecular weight is 425 g/mol. The Balaban J connectivity index is 2.20. The Labute approximate surface area is 179 Å². The first-order chi connectivity index (χ1) is 14.3. The highest BCUT2D eigenvalue weighted by molar-refractivity contribution is 7.03.